The summed E-state index contributed by atoms with van der Waals surface area (Å²) in [7, 11) is 2.77. The second kappa shape index (κ2) is 14.8. The summed E-state index contributed by atoms with van der Waals surface area (Å²) >= 11 is 3.41. The number of aliphatic hydroxyl groups excluding tert-OH is 1. The molecular weight excluding hydrogens is 600 g/mol. The first kappa shape index (κ1) is 31.1. The lowest BCUT2D eigenvalue weighted by Crippen LogP contribution is -2.45. The molecule has 2 amide bonds. The minimum atomic E-state index is -1.19. The van der Waals surface area contributed by atoms with Crippen LogP contribution in [-0.4, -0.2) is 63.6 Å². The highest BCUT2D eigenvalue weighted by Gasteiger charge is 2.32. The van der Waals surface area contributed by atoms with Gasteiger partial charge in [-0.05, 0) is 43.7 Å². The lowest BCUT2D eigenvalue weighted by atomic mass is 9.95. The quantitative estimate of drug-likeness (QED) is 0.0861. The van der Waals surface area contributed by atoms with E-state index in [1.165, 1.54) is 20.4 Å². The van der Waals surface area contributed by atoms with Crippen LogP contribution in [0.3, 0.4) is 0 Å². The number of ether oxygens (including phenoxy) is 5. The molecule has 1 aliphatic heterocycles. The summed E-state index contributed by atoms with van der Waals surface area (Å²) in [6, 6.07) is 7.22. The molecule has 3 rings (SSSR count). The fourth-order valence-electron chi connectivity index (χ4n) is 3.92. The molecular formula is C28H31BrN4O8. The second-order valence-electron chi connectivity index (χ2n) is 8.43. The molecule has 2 atom stereocenters. The molecule has 0 radical (unpaired) electrons. The van der Waals surface area contributed by atoms with Crippen molar-refractivity contribution in [2.24, 2.45) is 5.10 Å². The summed E-state index contributed by atoms with van der Waals surface area (Å²) in [5.41, 5.74) is 4.36. The van der Waals surface area contributed by atoms with Crippen molar-refractivity contribution >= 4 is 34.1 Å². The summed E-state index contributed by atoms with van der Waals surface area (Å²) in [4.78, 5) is 24.5. The lowest BCUT2D eigenvalue weighted by Gasteiger charge is -2.28. The Labute approximate surface area is 246 Å². The van der Waals surface area contributed by atoms with Crippen LogP contribution in [0.1, 0.15) is 31.0 Å². The molecule has 12 nitrogen and oxygen atoms in total. The molecule has 0 saturated heterocycles. The zero-order valence-electron chi connectivity index (χ0n) is 22.9. The van der Waals surface area contributed by atoms with E-state index in [-0.39, 0.29) is 18.8 Å². The van der Waals surface area contributed by atoms with E-state index >= 15 is 0 Å². The molecule has 1 aliphatic rings. The Kier molecular flexibility index (Phi) is 11.3. The number of carbonyl (C=O) groups excluding carboxylic acids is 2. The van der Waals surface area contributed by atoms with Gasteiger partial charge in [0.15, 0.2) is 29.2 Å². The van der Waals surface area contributed by atoms with Gasteiger partial charge in [0.1, 0.15) is 13.2 Å². The molecule has 41 heavy (non-hydrogen) atoms. The van der Waals surface area contributed by atoms with Gasteiger partial charge in [0.25, 0.3) is 0 Å². The third kappa shape index (κ3) is 8.06. The minimum absolute atomic E-state index is 0.0353. The smallest absolute Gasteiger partial charge is 0.337 e. The highest BCUT2D eigenvalue weighted by molar-refractivity contribution is 9.10. The zero-order valence-corrected chi connectivity index (χ0v) is 24.5. The average Bonchev–Trinajstić information content (AvgIpc) is 2.95. The molecule has 0 saturated carbocycles. The molecule has 0 spiro atoms. The van der Waals surface area contributed by atoms with Gasteiger partial charge in [0, 0.05) is 15.7 Å². The second-order valence-corrected chi connectivity index (χ2v) is 9.35. The number of hydrogen-bond donors (Lipinski definition) is 4. The highest BCUT2D eigenvalue weighted by Crippen LogP contribution is 2.35. The molecule has 4 N–H and O–H groups in total. The first-order chi connectivity index (χ1) is 19.7. The maximum atomic E-state index is 12.4. The number of amides is 2. The number of halogens is 1. The van der Waals surface area contributed by atoms with Crippen LogP contribution in [0.25, 0.3) is 0 Å². The summed E-state index contributed by atoms with van der Waals surface area (Å²) in [5, 5.41) is 19.8. The third-order valence-electron chi connectivity index (χ3n) is 5.67. The Hall–Kier alpha value is -4.41. The average molecular weight is 631 g/mol. The van der Waals surface area contributed by atoms with Gasteiger partial charge in [-0.1, -0.05) is 27.9 Å². The van der Waals surface area contributed by atoms with Crippen LogP contribution in [0.5, 0.6) is 23.0 Å². The Morgan fingerprint density at radius 1 is 1.22 bits per heavy atom. The van der Waals surface area contributed by atoms with Gasteiger partial charge >= 0.3 is 12.0 Å². The van der Waals surface area contributed by atoms with Crippen LogP contribution in [0, 0.1) is 12.3 Å². The Morgan fingerprint density at radius 2 is 2.00 bits per heavy atom. The fourth-order valence-corrected chi connectivity index (χ4v) is 4.37. The maximum absolute atomic E-state index is 12.4. The van der Waals surface area contributed by atoms with Gasteiger partial charge in [-0.3, -0.25) is 5.43 Å². The number of carbonyl (C=O) groups is 2. The van der Waals surface area contributed by atoms with Crippen molar-refractivity contribution in [3.63, 3.8) is 0 Å². The molecule has 1 heterocycles. The number of rotatable bonds is 13. The van der Waals surface area contributed by atoms with E-state index in [2.05, 4.69) is 43.0 Å². The van der Waals surface area contributed by atoms with Crippen LogP contribution >= 0.6 is 15.9 Å². The SMILES string of the molecule is C#CCOc1c(/C=N/N[C@H](O)COc2ccc([C@H]3NC(=O)NC(C)=C3C(=O)OC)cc2OCC)cc(Br)cc1OC. The van der Waals surface area contributed by atoms with Gasteiger partial charge in [-0.15, -0.1) is 6.42 Å². The van der Waals surface area contributed by atoms with Crippen molar-refractivity contribution in [3.05, 3.63) is 57.2 Å². The van der Waals surface area contributed by atoms with Crippen molar-refractivity contribution < 1.29 is 38.4 Å². The zero-order chi connectivity index (χ0) is 29.9. The van der Waals surface area contributed by atoms with Gasteiger partial charge in [-0.25, -0.2) is 9.59 Å². The van der Waals surface area contributed by atoms with E-state index in [1.54, 1.807) is 44.2 Å². The largest absolute Gasteiger partial charge is 0.493 e. The third-order valence-corrected chi connectivity index (χ3v) is 6.13. The number of terminal acetylenes is 1. The maximum Gasteiger partial charge on any atom is 0.337 e. The Balaban J connectivity index is 1.73. The van der Waals surface area contributed by atoms with Crippen molar-refractivity contribution in [1.29, 1.82) is 0 Å². The lowest BCUT2D eigenvalue weighted by molar-refractivity contribution is -0.136. The topological polar surface area (TPSA) is 149 Å². The number of hydrogen-bond acceptors (Lipinski definition) is 10. The number of aliphatic hydroxyl groups is 1. The number of methoxy groups -OCH3 is 2. The summed E-state index contributed by atoms with van der Waals surface area (Å²) in [5.74, 6) is 3.37. The minimum Gasteiger partial charge on any atom is -0.493 e. The summed E-state index contributed by atoms with van der Waals surface area (Å²) in [6.45, 7) is 3.59. The van der Waals surface area contributed by atoms with Gasteiger partial charge in [-0.2, -0.15) is 5.10 Å². The highest BCUT2D eigenvalue weighted by atomic mass is 79.9. The van der Waals surface area contributed by atoms with E-state index < -0.39 is 24.3 Å². The number of nitrogens with zero attached hydrogens (tertiary/aromatic N) is 1. The molecule has 0 aromatic heterocycles. The Morgan fingerprint density at radius 3 is 2.68 bits per heavy atom. The molecule has 218 valence electrons. The number of esters is 1. The molecule has 0 fully saturated rings. The van der Waals surface area contributed by atoms with Crippen molar-refractivity contribution in [3.8, 4) is 35.3 Å². The van der Waals surface area contributed by atoms with Crippen molar-refractivity contribution in [2.45, 2.75) is 26.1 Å². The van der Waals surface area contributed by atoms with Crippen molar-refractivity contribution in [2.75, 3.05) is 34.0 Å². The van der Waals surface area contributed by atoms with Crippen LogP contribution < -0.4 is 35.0 Å². The Bertz CT molecular complexity index is 1370. The van der Waals surface area contributed by atoms with E-state index in [0.29, 0.717) is 46.4 Å². The number of nitrogens with one attached hydrogen (secondary N) is 3. The molecule has 2 aromatic carbocycles. The van der Waals surface area contributed by atoms with Gasteiger partial charge in [0.2, 0.25) is 0 Å². The summed E-state index contributed by atoms with van der Waals surface area (Å²) in [6.07, 6.45) is 5.57. The standard InChI is InChI=1S/C28H31BrN4O8/c1-6-10-40-26-18(11-19(29)13-22(26)37-4)14-30-33-23(34)15-41-20-9-8-17(12-21(20)39-7-2)25-24(27(35)38-5)16(3)31-28(36)32-25/h1,8-9,11-14,23,25,33-34H,7,10,15H2,2-5H3,(H2,31,32,36)/b30-14+/t23-,25-/m1/s1. The van der Waals surface area contributed by atoms with Crippen molar-refractivity contribution in [1.82, 2.24) is 16.1 Å². The summed E-state index contributed by atoms with van der Waals surface area (Å²) < 4.78 is 28.1. The number of urea groups is 1. The van der Waals surface area contributed by atoms with E-state index in [4.69, 9.17) is 30.1 Å². The number of allylic oxidation sites excluding steroid dienone is 1. The van der Waals surface area contributed by atoms with Crippen LogP contribution in [-0.2, 0) is 9.53 Å². The van der Waals surface area contributed by atoms with Crippen LogP contribution in [0.4, 0.5) is 4.79 Å². The van der Waals surface area contributed by atoms with E-state index in [9.17, 15) is 14.7 Å². The predicted molar refractivity (Wildman–Crippen MR) is 154 cm³/mol. The number of benzene rings is 2. The van der Waals surface area contributed by atoms with E-state index in [0.717, 1.165) is 4.47 Å². The monoisotopic (exact) mass is 630 g/mol. The van der Waals surface area contributed by atoms with E-state index in [1.807, 2.05) is 0 Å². The van der Waals surface area contributed by atoms with Gasteiger partial charge in [0.05, 0.1) is 38.7 Å². The molecule has 0 bridgehead atoms. The van der Waals surface area contributed by atoms with Gasteiger partial charge < -0.3 is 39.4 Å². The van der Waals surface area contributed by atoms with Crippen LogP contribution in [0.15, 0.2) is 51.2 Å². The predicted octanol–water partition coefficient (Wildman–Crippen LogP) is 2.99. The molecule has 0 aliphatic carbocycles. The first-order valence-electron chi connectivity index (χ1n) is 12.4. The number of hydrazone groups is 1. The molecule has 0 unspecified atom stereocenters. The fraction of sp³-hybridized carbons (Fsp3) is 0.321. The first-order valence-corrected chi connectivity index (χ1v) is 13.2. The molecule has 13 heteroatoms. The van der Waals surface area contributed by atoms with Crippen LogP contribution in [0.2, 0.25) is 0 Å². The normalized spacial score (nSPS) is 15.3. The molecule has 2 aromatic rings.